The minimum absolute atomic E-state index is 0.139. The molecule has 0 spiro atoms. The smallest absolute Gasteiger partial charge is 0.282 e. The fourth-order valence-electron chi connectivity index (χ4n) is 3.41. The zero-order chi connectivity index (χ0) is 21.1. The van der Waals surface area contributed by atoms with Crippen molar-refractivity contribution in [3.8, 4) is 23.2 Å². The molecule has 0 saturated heterocycles. The SMILES string of the molecule is COc1cc2cc(-c3ccccc3)n(Cc3cccc(C(=O)NC#N)n3)c2cc1F. The summed E-state index contributed by atoms with van der Waals surface area (Å²) in [5.74, 6) is -0.859. The largest absolute Gasteiger partial charge is 0.494 e. The number of carbonyl (C=O) groups is 1. The van der Waals surface area contributed by atoms with Crippen molar-refractivity contribution in [3.05, 3.63) is 83.9 Å². The molecule has 2 heterocycles. The number of hydrogen-bond acceptors (Lipinski definition) is 4. The molecule has 148 valence electrons. The molecule has 1 amide bonds. The predicted molar refractivity (Wildman–Crippen MR) is 110 cm³/mol. The van der Waals surface area contributed by atoms with Crippen molar-refractivity contribution >= 4 is 16.8 Å². The van der Waals surface area contributed by atoms with Crippen LogP contribution in [0.3, 0.4) is 0 Å². The molecular weight excluding hydrogens is 383 g/mol. The van der Waals surface area contributed by atoms with E-state index in [1.54, 1.807) is 24.4 Å². The van der Waals surface area contributed by atoms with Gasteiger partial charge < -0.3 is 9.30 Å². The Morgan fingerprint density at radius 2 is 1.97 bits per heavy atom. The average molecular weight is 400 g/mol. The Morgan fingerprint density at radius 1 is 1.17 bits per heavy atom. The number of methoxy groups -OCH3 is 1. The van der Waals surface area contributed by atoms with Crippen molar-refractivity contribution in [2.24, 2.45) is 0 Å². The molecule has 6 nitrogen and oxygen atoms in total. The number of aromatic nitrogens is 2. The van der Waals surface area contributed by atoms with Gasteiger partial charge in [-0.2, -0.15) is 5.26 Å². The molecule has 1 N–H and O–H groups in total. The molecule has 4 aromatic rings. The van der Waals surface area contributed by atoms with Crippen LogP contribution < -0.4 is 10.1 Å². The number of benzene rings is 2. The zero-order valence-electron chi connectivity index (χ0n) is 16.1. The molecule has 2 aromatic carbocycles. The standard InChI is InChI=1S/C23H17FN4O2/c1-30-22-11-16-10-20(15-6-3-2-4-7-15)28(21(16)12-18(22)24)13-17-8-5-9-19(27-17)23(29)26-14-25/h2-12H,13H2,1H3,(H,26,29). The highest BCUT2D eigenvalue weighted by atomic mass is 19.1. The molecule has 4 rings (SSSR count). The third-order valence-electron chi connectivity index (χ3n) is 4.77. The van der Waals surface area contributed by atoms with Crippen LogP contribution in [0.25, 0.3) is 22.2 Å². The van der Waals surface area contributed by atoms with Crippen LogP contribution in [0.15, 0.2) is 66.7 Å². The van der Waals surface area contributed by atoms with E-state index in [4.69, 9.17) is 10.00 Å². The molecule has 0 saturated carbocycles. The van der Waals surface area contributed by atoms with Gasteiger partial charge in [-0.3, -0.25) is 10.1 Å². The van der Waals surface area contributed by atoms with Crippen molar-refractivity contribution in [2.75, 3.05) is 7.11 Å². The zero-order valence-corrected chi connectivity index (χ0v) is 16.1. The van der Waals surface area contributed by atoms with Crippen molar-refractivity contribution in [1.82, 2.24) is 14.9 Å². The van der Waals surface area contributed by atoms with Crippen molar-refractivity contribution in [3.63, 3.8) is 0 Å². The van der Waals surface area contributed by atoms with Crippen LogP contribution in [0, 0.1) is 17.3 Å². The second-order valence-corrected chi connectivity index (χ2v) is 6.61. The normalized spacial score (nSPS) is 10.6. The maximum atomic E-state index is 14.5. The fourth-order valence-corrected chi connectivity index (χ4v) is 3.41. The lowest BCUT2D eigenvalue weighted by Crippen LogP contribution is -2.19. The molecule has 30 heavy (non-hydrogen) atoms. The molecule has 0 radical (unpaired) electrons. The number of nitrogens with one attached hydrogen (secondary N) is 1. The Hall–Kier alpha value is -4.18. The van der Waals surface area contributed by atoms with Crippen molar-refractivity contribution < 1.29 is 13.9 Å². The monoisotopic (exact) mass is 400 g/mol. The van der Waals surface area contributed by atoms with Crippen LogP contribution in [-0.4, -0.2) is 22.6 Å². The van der Waals surface area contributed by atoms with Gasteiger partial charge in [0.25, 0.3) is 5.91 Å². The van der Waals surface area contributed by atoms with Gasteiger partial charge in [0.2, 0.25) is 0 Å². The van der Waals surface area contributed by atoms with E-state index >= 15 is 0 Å². The number of fused-ring (bicyclic) bond motifs is 1. The van der Waals surface area contributed by atoms with Gasteiger partial charge >= 0.3 is 0 Å². The second-order valence-electron chi connectivity index (χ2n) is 6.61. The Balaban J connectivity index is 1.85. The predicted octanol–water partition coefficient (Wildman–Crippen LogP) is 4.11. The lowest BCUT2D eigenvalue weighted by molar-refractivity contribution is 0.0967. The summed E-state index contributed by atoms with van der Waals surface area (Å²) < 4.78 is 21.5. The summed E-state index contributed by atoms with van der Waals surface area (Å²) in [4.78, 5) is 16.3. The summed E-state index contributed by atoms with van der Waals surface area (Å²) in [5.41, 5.74) is 3.27. The van der Waals surface area contributed by atoms with E-state index < -0.39 is 11.7 Å². The first-order chi connectivity index (χ1) is 14.6. The summed E-state index contributed by atoms with van der Waals surface area (Å²) >= 11 is 0. The number of nitriles is 1. The number of hydrogen-bond donors (Lipinski definition) is 1. The van der Waals surface area contributed by atoms with E-state index in [1.807, 2.05) is 41.0 Å². The van der Waals surface area contributed by atoms with Crippen molar-refractivity contribution in [1.29, 1.82) is 5.26 Å². The Morgan fingerprint density at radius 3 is 2.70 bits per heavy atom. The molecule has 2 aromatic heterocycles. The third-order valence-corrected chi connectivity index (χ3v) is 4.77. The summed E-state index contributed by atoms with van der Waals surface area (Å²) in [7, 11) is 1.43. The van der Waals surface area contributed by atoms with Crippen LogP contribution in [0.2, 0.25) is 0 Å². The first-order valence-electron chi connectivity index (χ1n) is 9.18. The van der Waals surface area contributed by atoms with Gasteiger partial charge in [0.15, 0.2) is 17.8 Å². The van der Waals surface area contributed by atoms with Crippen LogP contribution >= 0.6 is 0 Å². The highest BCUT2D eigenvalue weighted by Gasteiger charge is 2.16. The molecule has 0 bridgehead atoms. The highest BCUT2D eigenvalue weighted by Crippen LogP contribution is 2.32. The van der Waals surface area contributed by atoms with Crippen molar-refractivity contribution in [2.45, 2.75) is 6.54 Å². The molecular formula is C23H17FN4O2. The Kier molecular flexibility index (Phi) is 5.14. The van der Waals surface area contributed by atoms with E-state index in [0.717, 1.165) is 16.6 Å². The fraction of sp³-hybridized carbons (Fsp3) is 0.0870. The van der Waals surface area contributed by atoms with E-state index in [-0.39, 0.29) is 11.4 Å². The van der Waals surface area contributed by atoms with Gasteiger partial charge in [-0.25, -0.2) is 9.37 Å². The molecule has 0 aliphatic rings. The Labute approximate surface area is 172 Å². The van der Waals surface area contributed by atoms with E-state index in [1.165, 1.54) is 19.2 Å². The number of pyridine rings is 1. The van der Waals surface area contributed by atoms with Gasteiger partial charge in [-0.1, -0.05) is 36.4 Å². The number of halogens is 1. The minimum Gasteiger partial charge on any atom is -0.494 e. The quantitative estimate of drug-likeness (QED) is 0.404. The molecule has 0 fully saturated rings. The number of ether oxygens (including phenoxy) is 1. The van der Waals surface area contributed by atoms with Gasteiger partial charge in [-0.05, 0) is 29.8 Å². The topological polar surface area (TPSA) is 79.9 Å². The van der Waals surface area contributed by atoms with Crippen LogP contribution in [0.5, 0.6) is 5.75 Å². The molecule has 0 unspecified atom stereocenters. The van der Waals surface area contributed by atoms with Gasteiger partial charge in [-0.15, -0.1) is 0 Å². The summed E-state index contributed by atoms with van der Waals surface area (Å²) in [6.45, 7) is 0.313. The van der Waals surface area contributed by atoms with E-state index in [9.17, 15) is 9.18 Å². The molecule has 0 aliphatic carbocycles. The summed E-state index contributed by atoms with van der Waals surface area (Å²) in [6.07, 6.45) is 1.60. The number of amides is 1. The Bertz CT molecular complexity index is 1280. The summed E-state index contributed by atoms with van der Waals surface area (Å²) in [6, 6.07) is 19.8. The van der Waals surface area contributed by atoms with Gasteiger partial charge in [0.05, 0.1) is 24.9 Å². The lowest BCUT2D eigenvalue weighted by Gasteiger charge is -2.12. The van der Waals surface area contributed by atoms with Gasteiger partial charge in [0, 0.05) is 17.1 Å². The number of rotatable bonds is 5. The first kappa shape index (κ1) is 19.2. The van der Waals surface area contributed by atoms with Crippen LogP contribution in [0.4, 0.5) is 4.39 Å². The number of nitrogens with zero attached hydrogens (tertiary/aromatic N) is 3. The maximum Gasteiger partial charge on any atom is 0.282 e. The first-order valence-corrected chi connectivity index (χ1v) is 9.18. The van der Waals surface area contributed by atoms with E-state index in [0.29, 0.717) is 17.8 Å². The minimum atomic E-state index is -0.573. The third kappa shape index (κ3) is 3.59. The van der Waals surface area contributed by atoms with Crippen LogP contribution in [-0.2, 0) is 6.54 Å². The van der Waals surface area contributed by atoms with Gasteiger partial charge in [0.1, 0.15) is 5.69 Å². The molecule has 0 atom stereocenters. The molecule has 0 aliphatic heterocycles. The second kappa shape index (κ2) is 8.05. The highest BCUT2D eigenvalue weighted by molar-refractivity contribution is 5.93. The maximum absolute atomic E-state index is 14.5. The van der Waals surface area contributed by atoms with Crippen LogP contribution in [0.1, 0.15) is 16.2 Å². The number of carbonyl (C=O) groups excluding carboxylic acids is 1. The summed E-state index contributed by atoms with van der Waals surface area (Å²) in [5, 5.41) is 11.6. The average Bonchev–Trinajstić information content (AvgIpc) is 3.11. The van der Waals surface area contributed by atoms with E-state index in [2.05, 4.69) is 10.3 Å². The lowest BCUT2D eigenvalue weighted by atomic mass is 10.1. The molecule has 7 heteroatoms.